The number of nitrogens with one attached hydrogen (secondary N) is 1. The predicted molar refractivity (Wildman–Crippen MR) is 79.3 cm³/mol. The van der Waals surface area contributed by atoms with Crippen LogP contribution >= 0.6 is 11.8 Å². The fourth-order valence-electron chi connectivity index (χ4n) is 1.75. The second kappa shape index (κ2) is 6.74. The minimum absolute atomic E-state index is 0.0290. The van der Waals surface area contributed by atoms with Gasteiger partial charge in [-0.25, -0.2) is 0 Å². The molecule has 0 spiro atoms. The standard InChI is InChI=1S/C15H12F3NO2S/c1-21-13-5-3-2-4-12(13)19-14(20)10-6-8-11(9-7-10)22-15(16,17)18/h2-9H,1H3,(H,19,20). The second-order valence-electron chi connectivity index (χ2n) is 4.23. The van der Waals surface area contributed by atoms with Crippen LogP contribution in [0.2, 0.25) is 0 Å². The Morgan fingerprint density at radius 3 is 2.32 bits per heavy atom. The highest BCUT2D eigenvalue weighted by Gasteiger charge is 2.29. The monoisotopic (exact) mass is 327 g/mol. The van der Waals surface area contributed by atoms with Crippen LogP contribution in [0.3, 0.4) is 0 Å². The van der Waals surface area contributed by atoms with Crippen molar-refractivity contribution in [2.24, 2.45) is 0 Å². The van der Waals surface area contributed by atoms with Gasteiger partial charge in [0.2, 0.25) is 0 Å². The Morgan fingerprint density at radius 1 is 1.09 bits per heavy atom. The Kier molecular flexibility index (Phi) is 4.97. The minimum Gasteiger partial charge on any atom is -0.495 e. The Bertz CT molecular complexity index is 657. The highest BCUT2D eigenvalue weighted by molar-refractivity contribution is 8.00. The highest BCUT2D eigenvalue weighted by atomic mass is 32.2. The van der Waals surface area contributed by atoms with Crippen LogP contribution in [0, 0.1) is 0 Å². The van der Waals surface area contributed by atoms with Crippen molar-refractivity contribution in [2.75, 3.05) is 12.4 Å². The largest absolute Gasteiger partial charge is 0.495 e. The Morgan fingerprint density at radius 2 is 1.73 bits per heavy atom. The molecule has 0 heterocycles. The van der Waals surface area contributed by atoms with Gasteiger partial charge >= 0.3 is 5.51 Å². The fraction of sp³-hybridized carbons (Fsp3) is 0.133. The predicted octanol–water partition coefficient (Wildman–Crippen LogP) is 4.56. The fourth-order valence-corrected chi connectivity index (χ4v) is 2.29. The third kappa shape index (κ3) is 4.42. The molecule has 0 bridgehead atoms. The lowest BCUT2D eigenvalue weighted by atomic mass is 10.2. The number of anilines is 1. The zero-order valence-corrected chi connectivity index (χ0v) is 12.3. The first kappa shape index (κ1) is 16.2. The van der Waals surface area contributed by atoms with Crippen LogP contribution in [0.1, 0.15) is 10.4 Å². The molecule has 0 aromatic heterocycles. The highest BCUT2D eigenvalue weighted by Crippen LogP contribution is 2.36. The summed E-state index contributed by atoms with van der Waals surface area (Å²) >= 11 is -0.220. The molecule has 0 fully saturated rings. The van der Waals surface area contributed by atoms with Gasteiger partial charge in [0.15, 0.2) is 0 Å². The van der Waals surface area contributed by atoms with Gasteiger partial charge in [-0.05, 0) is 48.2 Å². The molecule has 0 aliphatic heterocycles. The summed E-state index contributed by atoms with van der Waals surface area (Å²) in [7, 11) is 1.48. The maximum atomic E-state index is 12.2. The normalized spacial score (nSPS) is 11.1. The summed E-state index contributed by atoms with van der Waals surface area (Å²) in [6.45, 7) is 0. The molecular formula is C15H12F3NO2S. The molecule has 0 saturated heterocycles. The summed E-state index contributed by atoms with van der Waals surface area (Å²) in [6, 6.07) is 12.1. The van der Waals surface area contributed by atoms with Crippen molar-refractivity contribution in [3.8, 4) is 5.75 Å². The quantitative estimate of drug-likeness (QED) is 0.837. The van der Waals surface area contributed by atoms with Gasteiger partial charge in [-0.15, -0.1) is 0 Å². The van der Waals surface area contributed by atoms with Gasteiger partial charge in [0.25, 0.3) is 5.91 Å². The topological polar surface area (TPSA) is 38.3 Å². The second-order valence-corrected chi connectivity index (χ2v) is 5.37. The lowest BCUT2D eigenvalue weighted by molar-refractivity contribution is -0.0328. The van der Waals surface area contributed by atoms with Crippen LogP contribution in [-0.2, 0) is 0 Å². The van der Waals surface area contributed by atoms with Crippen LogP contribution in [0.4, 0.5) is 18.9 Å². The Labute approximate surface area is 129 Å². The summed E-state index contributed by atoms with van der Waals surface area (Å²) in [5, 5.41) is 2.65. The van der Waals surface area contributed by atoms with E-state index in [0.717, 1.165) is 0 Å². The first-order valence-corrected chi connectivity index (χ1v) is 7.01. The molecule has 116 valence electrons. The van der Waals surface area contributed by atoms with E-state index in [1.165, 1.54) is 31.4 Å². The zero-order chi connectivity index (χ0) is 16.2. The molecule has 22 heavy (non-hydrogen) atoms. The van der Waals surface area contributed by atoms with E-state index in [1.807, 2.05) is 0 Å². The number of carbonyl (C=O) groups excluding carboxylic acids is 1. The van der Waals surface area contributed by atoms with Crippen LogP contribution in [0.25, 0.3) is 0 Å². The molecule has 3 nitrogen and oxygen atoms in total. The SMILES string of the molecule is COc1ccccc1NC(=O)c1ccc(SC(F)(F)F)cc1. The van der Waals surface area contributed by atoms with E-state index in [4.69, 9.17) is 4.74 Å². The maximum absolute atomic E-state index is 12.2. The molecule has 2 rings (SSSR count). The molecule has 2 aromatic carbocycles. The molecule has 7 heteroatoms. The van der Waals surface area contributed by atoms with Gasteiger partial charge in [0.1, 0.15) is 5.75 Å². The van der Waals surface area contributed by atoms with Gasteiger partial charge < -0.3 is 10.1 Å². The zero-order valence-electron chi connectivity index (χ0n) is 11.5. The average Bonchev–Trinajstić information content (AvgIpc) is 2.47. The number of amides is 1. The number of hydrogen-bond acceptors (Lipinski definition) is 3. The summed E-state index contributed by atoms with van der Waals surface area (Å²) in [5.41, 5.74) is -3.59. The van der Waals surface area contributed by atoms with Crippen molar-refractivity contribution in [1.82, 2.24) is 0 Å². The molecule has 1 N–H and O–H groups in total. The van der Waals surface area contributed by atoms with E-state index in [2.05, 4.69) is 5.32 Å². The van der Waals surface area contributed by atoms with Crippen LogP contribution in [0.5, 0.6) is 5.75 Å². The van der Waals surface area contributed by atoms with Crippen molar-refractivity contribution in [3.63, 3.8) is 0 Å². The number of methoxy groups -OCH3 is 1. The third-order valence-electron chi connectivity index (χ3n) is 2.71. The molecule has 0 aliphatic rings. The Hall–Kier alpha value is -2.15. The molecule has 0 unspecified atom stereocenters. The lowest BCUT2D eigenvalue weighted by Crippen LogP contribution is -2.12. The third-order valence-corrected chi connectivity index (χ3v) is 3.44. The van der Waals surface area contributed by atoms with Crippen LogP contribution < -0.4 is 10.1 Å². The van der Waals surface area contributed by atoms with Crippen molar-refractivity contribution in [3.05, 3.63) is 54.1 Å². The Balaban J connectivity index is 2.10. The van der Waals surface area contributed by atoms with Gasteiger partial charge in [0, 0.05) is 10.5 Å². The lowest BCUT2D eigenvalue weighted by Gasteiger charge is -2.10. The van der Waals surface area contributed by atoms with Gasteiger partial charge in [-0.3, -0.25) is 4.79 Å². The van der Waals surface area contributed by atoms with Crippen LogP contribution in [-0.4, -0.2) is 18.5 Å². The number of alkyl halides is 3. The number of hydrogen-bond donors (Lipinski definition) is 1. The van der Waals surface area contributed by atoms with E-state index >= 15 is 0 Å². The molecule has 0 atom stereocenters. The van der Waals surface area contributed by atoms with Crippen LogP contribution in [0.15, 0.2) is 53.4 Å². The van der Waals surface area contributed by atoms with E-state index in [1.54, 1.807) is 24.3 Å². The summed E-state index contributed by atoms with van der Waals surface area (Å²) in [6.07, 6.45) is 0. The molecular weight excluding hydrogens is 315 g/mol. The number of thioether (sulfide) groups is 1. The maximum Gasteiger partial charge on any atom is 0.446 e. The number of rotatable bonds is 4. The smallest absolute Gasteiger partial charge is 0.446 e. The summed E-state index contributed by atoms with van der Waals surface area (Å²) < 4.78 is 41.8. The minimum atomic E-state index is -4.35. The number of ether oxygens (including phenoxy) is 1. The van der Waals surface area contributed by atoms with E-state index < -0.39 is 11.4 Å². The molecule has 0 saturated carbocycles. The van der Waals surface area contributed by atoms with Gasteiger partial charge in [0.05, 0.1) is 12.8 Å². The van der Waals surface area contributed by atoms with Gasteiger partial charge in [-0.1, -0.05) is 12.1 Å². The number of benzene rings is 2. The summed E-state index contributed by atoms with van der Waals surface area (Å²) in [5.74, 6) is 0.0770. The van der Waals surface area contributed by atoms with E-state index in [0.29, 0.717) is 11.4 Å². The summed E-state index contributed by atoms with van der Waals surface area (Å²) in [4.78, 5) is 12.1. The molecule has 0 aliphatic carbocycles. The van der Waals surface area contributed by atoms with Crippen molar-refractivity contribution >= 4 is 23.4 Å². The number of carbonyl (C=O) groups is 1. The molecule has 1 amide bonds. The van der Waals surface area contributed by atoms with Crippen molar-refractivity contribution < 1.29 is 22.7 Å². The molecule has 2 aromatic rings. The number of para-hydroxylation sites is 2. The van der Waals surface area contributed by atoms with Gasteiger partial charge in [-0.2, -0.15) is 13.2 Å². The average molecular weight is 327 g/mol. The van der Waals surface area contributed by atoms with Crippen molar-refractivity contribution in [2.45, 2.75) is 10.4 Å². The van der Waals surface area contributed by atoms with Crippen molar-refractivity contribution in [1.29, 1.82) is 0 Å². The first-order valence-electron chi connectivity index (χ1n) is 6.19. The number of halogens is 3. The first-order chi connectivity index (χ1) is 10.4. The van der Waals surface area contributed by atoms with E-state index in [9.17, 15) is 18.0 Å². The van der Waals surface area contributed by atoms with E-state index in [-0.39, 0.29) is 22.2 Å². The molecule has 0 radical (unpaired) electrons.